The highest BCUT2D eigenvalue weighted by Gasteiger charge is 2.15. The standard InChI is InChI=1S/C17H17N3O4/c1-22-8-9-23-17-14(10-11-6-7-19-16(11)20-17)24-13-5-3-2-4-12(13)15(18)21/h2-7,10H,8-9H2,1H3,(H2,18,21)(H,19,20). The summed E-state index contributed by atoms with van der Waals surface area (Å²) in [5.41, 5.74) is 6.36. The Kier molecular flexibility index (Phi) is 4.62. The Hall–Kier alpha value is -3.06. The molecule has 0 fully saturated rings. The molecule has 3 rings (SSSR count). The molecular weight excluding hydrogens is 310 g/mol. The summed E-state index contributed by atoms with van der Waals surface area (Å²) in [5.74, 6) is 0.481. The first-order chi connectivity index (χ1) is 11.7. The first kappa shape index (κ1) is 15.8. The Morgan fingerprint density at radius 1 is 1.21 bits per heavy atom. The van der Waals surface area contributed by atoms with E-state index in [1.807, 2.05) is 6.07 Å². The number of aromatic amines is 1. The molecular formula is C17H17N3O4. The summed E-state index contributed by atoms with van der Waals surface area (Å²) in [4.78, 5) is 19.0. The number of ether oxygens (including phenoxy) is 3. The monoisotopic (exact) mass is 327 g/mol. The van der Waals surface area contributed by atoms with E-state index in [1.54, 1.807) is 43.6 Å². The summed E-state index contributed by atoms with van der Waals surface area (Å²) >= 11 is 0. The highest BCUT2D eigenvalue weighted by molar-refractivity contribution is 5.95. The van der Waals surface area contributed by atoms with Crippen LogP contribution in [-0.2, 0) is 4.74 Å². The second-order valence-electron chi connectivity index (χ2n) is 5.01. The summed E-state index contributed by atoms with van der Waals surface area (Å²) in [6.07, 6.45) is 1.78. The van der Waals surface area contributed by atoms with Gasteiger partial charge in [-0.15, -0.1) is 0 Å². The zero-order valence-electron chi connectivity index (χ0n) is 13.1. The van der Waals surface area contributed by atoms with Crippen molar-refractivity contribution in [3.05, 3.63) is 48.2 Å². The van der Waals surface area contributed by atoms with Crippen LogP contribution in [0.5, 0.6) is 17.4 Å². The fourth-order valence-electron chi connectivity index (χ4n) is 2.22. The van der Waals surface area contributed by atoms with E-state index in [1.165, 1.54) is 0 Å². The predicted octanol–water partition coefficient (Wildman–Crippen LogP) is 2.48. The summed E-state index contributed by atoms with van der Waals surface area (Å²) < 4.78 is 16.5. The molecule has 0 aliphatic rings. The normalized spacial score (nSPS) is 10.7. The maximum absolute atomic E-state index is 11.6. The number of para-hydroxylation sites is 1. The molecule has 3 aromatic rings. The van der Waals surface area contributed by atoms with Gasteiger partial charge in [0.2, 0.25) is 0 Å². The predicted molar refractivity (Wildman–Crippen MR) is 88.5 cm³/mol. The van der Waals surface area contributed by atoms with Gasteiger partial charge in [-0.3, -0.25) is 4.79 Å². The van der Waals surface area contributed by atoms with Crippen molar-refractivity contribution in [2.45, 2.75) is 0 Å². The Morgan fingerprint density at radius 2 is 2.04 bits per heavy atom. The van der Waals surface area contributed by atoms with Crippen molar-refractivity contribution in [1.29, 1.82) is 0 Å². The number of benzene rings is 1. The lowest BCUT2D eigenvalue weighted by atomic mass is 10.2. The van der Waals surface area contributed by atoms with Crippen molar-refractivity contribution in [1.82, 2.24) is 9.97 Å². The van der Waals surface area contributed by atoms with Gasteiger partial charge >= 0.3 is 0 Å². The van der Waals surface area contributed by atoms with E-state index in [4.69, 9.17) is 19.9 Å². The minimum atomic E-state index is -0.567. The third-order valence-corrected chi connectivity index (χ3v) is 3.37. The third kappa shape index (κ3) is 3.31. The zero-order chi connectivity index (χ0) is 16.9. The molecule has 0 spiro atoms. The maximum Gasteiger partial charge on any atom is 0.259 e. The highest BCUT2D eigenvalue weighted by atomic mass is 16.5. The van der Waals surface area contributed by atoms with Gasteiger partial charge in [0.25, 0.3) is 11.8 Å². The Balaban J connectivity index is 1.97. The number of fused-ring (bicyclic) bond motifs is 1. The summed E-state index contributed by atoms with van der Waals surface area (Å²) in [6.45, 7) is 0.741. The molecule has 2 aromatic heterocycles. The van der Waals surface area contributed by atoms with Crippen molar-refractivity contribution >= 4 is 16.9 Å². The SMILES string of the molecule is COCCOc1nc2[nH]ccc2cc1Oc1ccccc1C(N)=O. The molecule has 0 saturated carbocycles. The molecule has 3 N–H and O–H groups in total. The fourth-order valence-corrected chi connectivity index (χ4v) is 2.22. The first-order valence-corrected chi connectivity index (χ1v) is 7.35. The van der Waals surface area contributed by atoms with Crippen LogP contribution in [0.25, 0.3) is 11.0 Å². The molecule has 0 atom stereocenters. The van der Waals surface area contributed by atoms with Gasteiger partial charge in [-0.05, 0) is 24.3 Å². The number of hydrogen-bond donors (Lipinski definition) is 2. The Morgan fingerprint density at radius 3 is 2.83 bits per heavy atom. The second kappa shape index (κ2) is 7.01. The number of methoxy groups -OCH3 is 1. The quantitative estimate of drug-likeness (QED) is 0.649. The smallest absolute Gasteiger partial charge is 0.259 e. The van der Waals surface area contributed by atoms with E-state index in [9.17, 15) is 4.79 Å². The minimum Gasteiger partial charge on any atom is -0.473 e. The van der Waals surface area contributed by atoms with E-state index < -0.39 is 5.91 Å². The molecule has 0 aliphatic heterocycles. The van der Waals surface area contributed by atoms with E-state index in [0.29, 0.717) is 36.2 Å². The number of aromatic nitrogens is 2. The number of nitrogens with two attached hydrogens (primary N) is 1. The Bertz CT molecular complexity index is 860. The molecule has 7 nitrogen and oxygen atoms in total. The van der Waals surface area contributed by atoms with Crippen LogP contribution >= 0.6 is 0 Å². The van der Waals surface area contributed by atoms with Crippen molar-refractivity contribution in [3.63, 3.8) is 0 Å². The molecule has 0 bridgehead atoms. The van der Waals surface area contributed by atoms with Gasteiger partial charge in [-0.2, -0.15) is 4.98 Å². The number of carbonyl (C=O) groups is 1. The molecule has 24 heavy (non-hydrogen) atoms. The van der Waals surface area contributed by atoms with Gasteiger partial charge in [0.15, 0.2) is 5.75 Å². The zero-order valence-corrected chi connectivity index (χ0v) is 13.1. The highest BCUT2D eigenvalue weighted by Crippen LogP contribution is 2.34. The van der Waals surface area contributed by atoms with Crippen LogP contribution in [-0.4, -0.2) is 36.2 Å². The number of nitrogens with one attached hydrogen (secondary N) is 1. The van der Waals surface area contributed by atoms with Crippen molar-refractivity contribution < 1.29 is 19.0 Å². The third-order valence-electron chi connectivity index (χ3n) is 3.37. The number of H-pyrrole nitrogens is 1. The maximum atomic E-state index is 11.6. The molecule has 0 aliphatic carbocycles. The molecule has 0 saturated heterocycles. The average Bonchev–Trinajstić information content (AvgIpc) is 3.02. The van der Waals surface area contributed by atoms with Crippen molar-refractivity contribution in [2.75, 3.05) is 20.3 Å². The topological polar surface area (TPSA) is 99.5 Å². The van der Waals surface area contributed by atoms with Gasteiger partial charge in [0, 0.05) is 18.7 Å². The van der Waals surface area contributed by atoms with Gasteiger partial charge in [-0.1, -0.05) is 12.1 Å². The van der Waals surface area contributed by atoms with Crippen LogP contribution in [0.3, 0.4) is 0 Å². The van der Waals surface area contributed by atoms with Crippen molar-refractivity contribution in [3.8, 4) is 17.4 Å². The van der Waals surface area contributed by atoms with E-state index in [-0.39, 0.29) is 5.56 Å². The van der Waals surface area contributed by atoms with Gasteiger partial charge in [-0.25, -0.2) is 0 Å². The number of nitrogens with zero attached hydrogens (tertiary/aromatic N) is 1. The summed E-state index contributed by atoms with van der Waals surface area (Å²) in [5, 5.41) is 0.862. The lowest BCUT2D eigenvalue weighted by Crippen LogP contribution is -2.12. The van der Waals surface area contributed by atoms with Gasteiger partial charge < -0.3 is 24.9 Å². The lowest BCUT2D eigenvalue weighted by Gasteiger charge is -2.13. The molecule has 124 valence electrons. The number of primary amides is 1. The largest absolute Gasteiger partial charge is 0.473 e. The minimum absolute atomic E-state index is 0.287. The van der Waals surface area contributed by atoms with Crippen LogP contribution in [0.1, 0.15) is 10.4 Å². The molecule has 2 heterocycles. The molecule has 1 amide bonds. The van der Waals surface area contributed by atoms with Crippen LogP contribution in [0.2, 0.25) is 0 Å². The van der Waals surface area contributed by atoms with E-state index >= 15 is 0 Å². The molecule has 0 radical (unpaired) electrons. The van der Waals surface area contributed by atoms with Crippen molar-refractivity contribution in [2.24, 2.45) is 5.73 Å². The van der Waals surface area contributed by atoms with Crippen LogP contribution in [0.15, 0.2) is 42.6 Å². The van der Waals surface area contributed by atoms with Crippen LogP contribution in [0, 0.1) is 0 Å². The number of hydrogen-bond acceptors (Lipinski definition) is 5. The number of carbonyl (C=O) groups excluding carboxylic acids is 1. The average molecular weight is 327 g/mol. The number of rotatable bonds is 7. The van der Waals surface area contributed by atoms with Crippen LogP contribution < -0.4 is 15.2 Å². The van der Waals surface area contributed by atoms with E-state index in [2.05, 4.69) is 9.97 Å². The van der Waals surface area contributed by atoms with Crippen LogP contribution in [0.4, 0.5) is 0 Å². The van der Waals surface area contributed by atoms with Gasteiger partial charge in [0.1, 0.15) is 18.0 Å². The second-order valence-corrected chi connectivity index (χ2v) is 5.01. The number of pyridine rings is 1. The summed E-state index contributed by atoms with van der Waals surface area (Å²) in [7, 11) is 1.59. The molecule has 1 aromatic carbocycles. The lowest BCUT2D eigenvalue weighted by molar-refractivity contribution is 0.0998. The summed E-state index contributed by atoms with van der Waals surface area (Å²) in [6, 6.07) is 10.4. The Labute approximate surface area is 138 Å². The molecule has 7 heteroatoms. The van der Waals surface area contributed by atoms with E-state index in [0.717, 1.165) is 5.39 Å². The number of amides is 1. The fraction of sp³-hybridized carbons (Fsp3) is 0.176. The first-order valence-electron chi connectivity index (χ1n) is 7.35. The van der Waals surface area contributed by atoms with Gasteiger partial charge in [0.05, 0.1) is 12.2 Å². The molecule has 0 unspecified atom stereocenters.